The fraction of sp³-hybridized carbons (Fsp3) is 0.875. The van der Waals surface area contributed by atoms with Gasteiger partial charge in [-0.1, -0.05) is 13.8 Å². The van der Waals surface area contributed by atoms with Crippen molar-refractivity contribution < 1.29 is 9.53 Å². The summed E-state index contributed by atoms with van der Waals surface area (Å²) in [6, 6.07) is 0.134. The number of hydrogen-bond acceptors (Lipinski definition) is 3. The predicted molar refractivity (Wildman–Crippen MR) is 44.1 cm³/mol. The zero-order valence-corrected chi connectivity index (χ0v) is 7.46. The highest BCUT2D eigenvalue weighted by Crippen LogP contribution is 2.02. The van der Waals surface area contributed by atoms with E-state index in [9.17, 15) is 4.79 Å². The quantitative estimate of drug-likeness (QED) is 0.621. The Morgan fingerprint density at radius 2 is 2.09 bits per heavy atom. The van der Waals surface area contributed by atoms with Gasteiger partial charge in [-0.05, 0) is 12.3 Å². The first kappa shape index (κ1) is 10.4. The molecule has 11 heavy (non-hydrogen) atoms. The van der Waals surface area contributed by atoms with Crippen LogP contribution in [0, 0.1) is 5.92 Å². The molecule has 1 unspecified atom stereocenters. The molecule has 0 rings (SSSR count). The van der Waals surface area contributed by atoms with Crippen LogP contribution < -0.4 is 5.73 Å². The van der Waals surface area contributed by atoms with Gasteiger partial charge in [0.05, 0.1) is 6.61 Å². The van der Waals surface area contributed by atoms with Crippen LogP contribution in [0.4, 0.5) is 0 Å². The van der Waals surface area contributed by atoms with E-state index in [1.54, 1.807) is 0 Å². The van der Waals surface area contributed by atoms with E-state index >= 15 is 0 Å². The van der Waals surface area contributed by atoms with E-state index in [1.807, 2.05) is 0 Å². The highest BCUT2D eigenvalue weighted by atomic mass is 16.5. The Labute approximate surface area is 67.9 Å². The van der Waals surface area contributed by atoms with Gasteiger partial charge < -0.3 is 10.5 Å². The van der Waals surface area contributed by atoms with Gasteiger partial charge in [-0.15, -0.1) is 0 Å². The minimum absolute atomic E-state index is 0.134. The van der Waals surface area contributed by atoms with Crippen molar-refractivity contribution in [1.82, 2.24) is 0 Å². The molecule has 0 spiro atoms. The van der Waals surface area contributed by atoms with Crippen molar-refractivity contribution in [3.8, 4) is 0 Å². The van der Waals surface area contributed by atoms with Crippen LogP contribution in [0.5, 0.6) is 0 Å². The molecule has 0 aromatic heterocycles. The summed E-state index contributed by atoms with van der Waals surface area (Å²) in [6.45, 7) is 5.95. The SMILES string of the molecule is CC(=O)OCCC(N)C(C)C. The summed E-state index contributed by atoms with van der Waals surface area (Å²) >= 11 is 0. The molecule has 0 aliphatic heterocycles. The Morgan fingerprint density at radius 3 is 2.45 bits per heavy atom. The minimum atomic E-state index is -0.235. The molecule has 0 saturated heterocycles. The number of nitrogens with two attached hydrogens (primary N) is 1. The Kier molecular flexibility index (Phi) is 4.86. The smallest absolute Gasteiger partial charge is 0.302 e. The molecule has 0 saturated carbocycles. The normalized spacial score (nSPS) is 13.2. The van der Waals surface area contributed by atoms with Crippen molar-refractivity contribution in [2.45, 2.75) is 33.2 Å². The molecule has 0 amide bonds. The Bertz CT molecular complexity index is 123. The molecule has 3 heteroatoms. The Balaban J connectivity index is 3.31. The summed E-state index contributed by atoms with van der Waals surface area (Å²) < 4.78 is 4.74. The number of carbonyl (C=O) groups excluding carboxylic acids is 1. The number of hydrogen-bond donors (Lipinski definition) is 1. The van der Waals surface area contributed by atoms with Crippen molar-refractivity contribution >= 4 is 5.97 Å². The lowest BCUT2D eigenvalue weighted by Gasteiger charge is -2.14. The van der Waals surface area contributed by atoms with Gasteiger partial charge in [0.1, 0.15) is 0 Å². The topological polar surface area (TPSA) is 52.3 Å². The van der Waals surface area contributed by atoms with Crippen LogP contribution in [0.2, 0.25) is 0 Å². The molecule has 3 nitrogen and oxygen atoms in total. The van der Waals surface area contributed by atoms with Crippen LogP contribution in [0.15, 0.2) is 0 Å². The number of rotatable bonds is 4. The maximum absolute atomic E-state index is 10.3. The molecule has 0 radical (unpaired) electrons. The van der Waals surface area contributed by atoms with Gasteiger partial charge in [-0.25, -0.2) is 0 Å². The second kappa shape index (κ2) is 5.13. The van der Waals surface area contributed by atoms with E-state index in [-0.39, 0.29) is 12.0 Å². The molecule has 2 N–H and O–H groups in total. The number of esters is 1. The van der Waals surface area contributed by atoms with Gasteiger partial charge in [0.15, 0.2) is 0 Å². The van der Waals surface area contributed by atoms with Crippen LogP contribution in [0.25, 0.3) is 0 Å². The molecule has 0 bridgehead atoms. The third kappa shape index (κ3) is 5.85. The Morgan fingerprint density at radius 1 is 1.55 bits per heavy atom. The molecular formula is C8H17NO2. The second-order valence-electron chi connectivity index (χ2n) is 3.04. The molecular weight excluding hydrogens is 142 g/mol. The van der Waals surface area contributed by atoms with Gasteiger partial charge in [0, 0.05) is 13.0 Å². The lowest BCUT2D eigenvalue weighted by Crippen LogP contribution is -2.28. The summed E-state index contributed by atoms with van der Waals surface area (Å²) in [5.41, 5.74) is 5.71. The summed E-state index contributed by atoms with van der Waals surface area (Å²) in [7, 11) is 0. The first-order chi connectivity index (χ1) is 5.04. The third-order valence-corrected chi connectivity index (χ3v) is 1.61. The van der Waals surface area contributed by atoms with E-state index in [0.717, 1.165) is 6.42 Å². The monoisotopic (exact) mass is 159 g/mol. The first-order valence-corrected chi connectivity index (χ1v) is 3.93. The van der Waals surface area contributed by atoms with Crippen molar-refractivity contribution in [3.05, 3.63) is 0 Å². The average molecular weight is 159 g/mol. The molecule has 1 atom stereocenters. The summed E-state index contributed by atoms with van der Waals surface area (Å²) in [5, 5.41) is 0. The zero-order valence-electron chi connectivity index (χ0n) is 7.46. The molecule has 0 heterocycles. The molecule has 0 aliphatic rings. The zero-order chi connectivity index (χ0) is 8.85. The summed E-state index contributed by atoms with van der Waals surface area (Å²) in [4.78, 5) is 10.3. The summed E-state index contributed by atoms with van der Waals surface area (Å²) in [5.74, 6) is 0.214. The average Bonchev–Trinajstić information content (AvgIpc) is 1.86. The standard InChI is InChI=1S/C8H17NO2/c1-6(2)8(9)4-5-11-7(3)10/h6,8H,4-5,9H2,1-3H3. The largest absolute Gasteiger partial charge is 0.466 e. The van der Waals surface area contributed by atoms with E-state index in [0.29, 0.717) is 12.5 Å². The van der Waals surface area contributed by atoms with E-state index in [1.165, 1.54) is 6.92 Å². The lowest BCUT2D eigenvalue weighted by molar-refractivity contribution is -0.141. The van der Waals surface area contributed by atoms with Gasteiger partial charge in [-0.3, -0.25) is 4.79 Å². The lowest BCUT2D eigenvalue weighted by atomic mass is 10.0. The van der Waals surface area contributed by atoms with Crippen molar-refractivity contribution in [2.24, 2.45) is 11.7 Å². The fourth-order valence-corrected chi connectivity index (χ4v) is 0.672. The Hall–Kier alpha value is -0.570. The molecule has 0 aromatic carbocycles. The third-order valence-electron chi connectivity index (χ3n) is 1.61. The molecule has 0 aliphatic carbocycles. The van der Waals surface area contributed by atoms with E-state index in [2.05, 4.69) is 13.8 Å². The van der Waals surface area contributed by atoms with Crippen LogP contribution >= 0.6 is 0 Å². The van der Waals surface area contributed by atoms with Crippen LogP contribution in [-0.4, -0.2) is 18.6 Å². The number of ether oxygens (including phenoxy) is 1. The van der Waals surface area contributed by atoms with Crippen LogP contribution in [-0.2, 0) is 9.53 Å². The molecule has 0 fully saturated rings. The predicted octanol–water partition coefficient (Wildman–Crippen LogP) is 0.923. The van der Waals surface area contributed by atoms with Gasteiger partial charge >= 0.3 is 5.97 Å². The molecule has 66 valence electrons. The first-order valence-electron chi connectivity index (χ1n) is 3.93. The van der Waals surface area contributed by atoms with Crippen LogP contribution in [0.3, 0.4) is 0 Å². The van der Waals surface area contributed by atoms with Crippen LogP contribution in [0.1, 0.15) is 27.2 Å². The minimum Gasteiger partial charge on any atom is -0.466 e. The highest BCUT2D eigenvalue weighted by Gasteiger charge is 2.07. The second-order valence-corrected chi connectivity index (χ2v) is 3.04. The van der Waals surface area contributed by atoms with Gasteiger partial charge in [0.25, 0.3) is 0 Å². The summed E-state index contributed by atoms with van der Waals surface area (Å²) in [6.07, 6.45) is 0.747. The molecule has 0 aromatic rings. The maximum Gasteiger partial charge on any atom is 0.302 e. The van der Waals surface area contributed by atoms with Gasteiger partial charge in [-0.2, -0.15) is 0 Å². The highest BCUT2D eigenvalue weighted by molar-refractivity contribution is 5.65. The van der Waals surface area contributed by atoms with E-state index < -0.39 is 0 Å². The van der Waals surface area contributed by atoms with Gasteiger partial charge in [0.2, 0.25) is 0 Å². The van der Waals surface area contributed by atoms with E-state index in [4.69, 9.17) is 10.5 Å². The van der Waals surface area contributed by atoms with Crippen molar-refractivity contribution in [3.63, 3.8) is 0 Å². The maximum atomic E-state index is 10.3. The van der Waals surface area contributed by atoms with Crippen molar-refractivity contribution in [2.75, 3.05) is 6.61 Å². The number of carbonyl (C=O) groups is 1. The fourth-order valence-electron chi connectivity index (χ4n) is 0.672. The van der Waals surface area contributed by atoms with Crippen molar-refractivity contribution in [1.29, 1.82) is 0 Å².